The highest BCUT2D eigenvalue weighted by Gasteiger charge is 2.66. The van der Waals surface area contributed by atoms with E-state index in [-0.39, 0.29) is 18.7 Å². The van der Waals surface area contributed by atoms with Crippen LogP contribution in [0.1, 0.15) is 32.8 Å². The van der Waals surface area contributed by atoms with Gasteiger partial charge in [-0.15, -0.1) is 6.58 Å². The minimum Gasteiger partial charge on any atom is -0.445 e. The van der Waals surface area contributed by atoms with Crippen molar-refractivity contribution >= 4 is 13.5 Å². The maximum Gasteiger partial charge on any atom is 0.408 e. The summed E-state index contributed by atoms with van der Waals surface area (Å²) in [4.78, 5) is 12.4. The fourth-order valence-corrected chi connectivity index (χ4v) is 5.98. The summed E-state index contributed by atoms with van der Waals surface area (Å²) in [7, 11) is -3.15. The minimum atomic E-state index is -3.15. The first-order chi connectivity index (χ1) is 12.4. The molecule has 2 rings (SSSR count). The normalized spacial score (nSPS) is 23.4. The zero-order valence-electron chi connectivity index (χ0n) is 15.7. The zero-order valence-corrected chi connectivity index (χ0v) is 16.6. The second-order valence-corrected chi connectivity index (χ2v) is 9.48. The maximum absolute atomic E-state index is 13.6. The van der Waals surface area contributed by atoms with Crippen LogP contribution in [0.4, 0.5) is 4.79 Å². The van der Waals surface area contributed by atoms with Crippen LogP contribution in [-0.2, 0) is 20.4 Å². The molecule has 1 aromatic carbocycles. The Morgan fingerprint density at radius 2 is 2.08 bits per heavy atom. The number of hydrogen-bond donors (Lipinski definition) is 1. The molecule has 5 nitrogen and oxygen atoms in total. The van der Waals surface area contributed by atoms with Crippen LogP contribution < -0.4 is 5.32 Å². The molecule has 0 heterocycles. The summed E-state index contributed by atoms with van der Waals surface area (Å²) >= 11 is 0. The number of benzene rings is 1. The summed E-state index contributed by atoms with van der Waals surface area (Å²) in [5.41, 5.74) is 1.95. The van der Waals surface area contributed by atoms with E-state index in [1.165, 1.54) is 0 Å². The fourth-order valence-electron chi connectivity index (χ4n) is 2.95. The van der Waals surface area contributed by atoms with Gasteiger partial charge in [-0.25, -0.2) is 4.79 Å². The van der Waals surface area contributed by atoms with Gasteiger partial charge in [-0.3, -0.25) is 4.57 Å². The summed E-state index contributed by atoms with van der Waals surface area (Å²) in [5, 5.41) is 1.91. The molecule has 0 saturated heterocycles. The molecule has 1 aliphatic carbocycles. The number of nitrogens with one attached hydrogen (secondary N) is 1. The van der Waals surface area contributed by atoms with Gasteiger partial charge in [-0.1, -0.05) is 48.1 Å². The van der Waals surface area contributed by atoms with Gasteiger partial charge < -0.3 is 14.6 Å². The molecule has 6 heteroatoms. The van der Waals surface area contributed by atoms with E-state index in [2.05, 4.69) is 11.9 Å². The third kappa shape index (κ3) is 4.66. The standard InChI is InChI=1S/C20H28NO4P/c1-5-18-14-20(18,26(23,25-6-2)13-12-16(3)4)21-19(22)24-15-17-10-8-7-9-11-17/h5,7-12,18H,1,6,13-15H2,2-4H3,(H,21,22)/t18-,20+,26?/m1/s1. The second-order valence-electron chi connectivity index (χ2n) is 6.71. The first-order valence-electron chi connectivity index (χ1n) is 8.85. The number of allylic oxidation sites excluding steroid dienone is 2. The molecule has 3 atom stereocenters. The lowest BCUT2D eigenvalue weighted by Gasteiger charge is -2.28. The summed E-state index contributed by atoms with van der Waals surface area (Å²) in [5.74, 6) is -0.0882. The Kier molecular flexibility index (Phi) is 6.85. The van der Waals surface area contributed by atoms with Crippen molar-refractivity contribution in [2.75, 3.05) is 12.8 Å². The van der Waals surface area contributed by atoms with E-state index >= 15 is 0 Å². The second kappa shape index (κ2) is 8.70. The van der Waals surface area contributed by atoms with Crippen molar-refractivity contribution in [2.24, 2.45) is 5.92 Å². The van der Waals surface area contributed by atoms with Gasteiger partial charge in [0.15, 0.2) is 0 Å². The highest BCUT2D eigenvalue weighted by Crippen LogP contribution is 2.72. The molecule has 0 aromatic heterocycles. The lowest BCUT2D eigenvalue weighted by atomic mass is 10.2. The van der Waals surface area contributed by atoms with Crippen LogP contribution in [0.2, 0.25) is 0 Å². The Morgan fingerprint density at radius 1 is 1.38 bits per heavy atom. The molecule has 142 valence electrons. The molecule has 0 radical (unpaired) electrons. The van der Waals surface area contributed by atoms with Crippen molar-refractivity contribution in [1.82, 2.24) is 5.32 Å². The summed E-state index contributed by atoms with van der Waals surface area (Å²) < 4.78 is 24.6. The first-order valence-corrected chi connectivity index (χ1v) is 10.7. The summed E-state index contributed by atoms with van der Waals surface area (Å²) in [6.07, 6.45) is 3.87. The average Bonchev–Trinajstić information content (AvgIpc) is 3.34. The summed E-state index contributed by atoms with van der Waals surface area (Å²) in [6, 6.07) is 9.43. The number of amides is 1. The van der Waals surface area contributed by atoms with E-state index in [0.717, 1.165) is 11.1 Å². The molecule has 1 aliphatic rings. The van der Waals surface area contributed by atoms with Crippen molar-refractivity contribution < 1.29 is 18.6 Å². The van der Waals surface area contributed by atoms with E-state index in [1.54, 1.807) is 6.08 Å². The van der Waals surface area contributed by atoms with E-state index in [0.29, 0.717) is 13.0 Å². The van der Waals surface area contributed by atoms with Gasteiger partial charge >= 0.3 is 6.09 Å². The number of ether oxygens (including phenoxy) is 1. The summed E-state index contributed by atoms with van der Waals surface area (Å²) in [6.45, 7) is 9.99. The molecular weight excluding hydrogens is 349 g/mol. The highest BCUT2D eigenvalue weighted by molar-refractivity contribution is 7.61. The average molecular weight is 377 g/mol. The lowest BCUT2D eigenvalue weighted by Crippen LogP contribution is -2.39. The fraction of sp³-hybridized carbons (Fsp3) is 0.450. The number of carbonyl (C=O) groups excluding carboxylic acids is 1. The number of rotatable bonds is 9. The Bertz CT molecular complexity index is 712. The lowest BCUT2D eigenvalue weighted by molar-refractivity contribution is 0.136. The van der Waals surface area contributed by atoms with Crippen molar-refractivity contribution in [2.45, 2.75) is 39.1 Å². The van der Waals surface area contributed by atoms with Crippen LogP contribution in [-0.4, -0.2) is 24.1 Å². The van der Waals surface area contributed by atoms with Crippen LogP contribution in [0.25, 0.3) is 0 Å². The minimum absolute atomic E-state index is 0.0882. The Labute approximate surface area is 155 Å². The highest BCUT2D eigenvalue weighted by atomic mass is 31.2. The van der Waals surface area contributed by atoms with Crippen LogP contribution in [0.15, 0.2) is 54.6 Å². The van der Waals surface area contributed by atoms with E-state index < -0.39 is 18.7 Å². The van der Waals surface area contributed by atoms with Crippen molar-refractivity contribution in [1.29, 1.82) is 0 Å². The molecule has 0 aliphatic heterocycles. The predicted octanol–water partition coefficient (Wildman–Crippen LogP) is 5.10. The molecule has 26 heavy (non-hydrogen) atoms. The number of carbonyl (C=O) groups is 1. The van der Waals surface area contributed by atoms with Gasteiger partial charge in [0, 0.05) is 12.1 Å². The van der Waals surface area contributed by atoms with E-state index in [1.807, 2.05) is 57.2 Å². The molecule has 1 amide bonds. The van der Waals surface area contributed by atoms with E-state index in [9.17, 15) is 9.36 Å². The molecular formula is C20H28NO4P. The molecule has 1 aromatic rings. The zero-order chi connectivity index (χ0) is 19.2. The third-order valence-electron chi connectivity index (χ3n) is 4.49. The number of hydrogen-bond acceptors (Lipinski definition) is 4. The molecule has 1 N–H and O–H groups in total. The maximum atomic E-state index is 13.6. The van der Waals surface area contributed by atoms with E-state index in [4.69, 9.17) is 9.26 Å². The first kappa shape index (κ1) is 20.5. The molecule has 0 bridgehead atoms. The monoisotopic (exact) mass is 377 g/mol. The van der Waals surface area contributed by atoms with Gasteiger partial charge in [0.1, 0.15) is 11.9 Å². The predicted molar refractivity (Wildman–Crippen MR) is 104 cm³/mol. The molecule has 0 spiro atoms. The largest absolute Gasteiger partial charge is 0.445 e. The van der Waals surface area contributed by atoms with Gasteiger partial charge in [0.25, 0.3) is 0 Å². The topological polar surface area (TPSA) is 64.6 Å². The van der Waals surface area contributed by atoms with Crippen molar-refractivity contribution in [3.63, 3.8) is 0 Å². The molecule has 1 unspecified atom stereocenters. The Morgan fingerprint density at radius 3 is 2.62 bits per heavy atom. The van der Waals surface area contributed by atoms with Gasteiger partial charge in [-0.2, -0.15) is 0 Å². The van der Waals surface area contributed by atoms with Crippen LogP contribution in [0, 0.1) is 5.92 Å². The quantitative estimate of drug-likeness (QED) is 0.481. The van der Waals surface area contributed by atoms with Crippen LogP contribution >= 0.6 is 7.37 Å². The van der Waals surface area contributed by atoms with Gasteiger partial charge in [0.05, 0.1) is 6.61 Å². The van der Waals surface area contributed by atoms with Crippen molar-refractivity contribution in [3.05, 3.63) is 60.2 Å². The third-order valence-corrected chi connectivity index (χ3v) is 7.67. The van der Waals surface area contributed by atoms with Gasteiger partial charge in [-0.05, 0) is 32.8 Å². The van der Waals surface area contributed by atoms with Crippen LogP contribution in [0.3, 0.4) is 0 Å². The SMILES string of the molecule is C=C[C@@H]1C[C@]1(NC(=O)OCc1ccccc1)P(=O)(CC=C(C)C)OCC. The van der Waals surface area contributed by atoms with Crippen LogP contribution in [0.5, 0.6) is 0 Å². The molecule has 1 saturated carbocycles. The Balaban J connectivity index is 2.12. The molecule has 1 fully saturated rings. The number of alkyl carbamates (subject to hydrolysis) is 1. The van der Waals surface area contributed by atoms with Crippen molar-refractivity contribution in [3.8, 4) is 0 Å². The van der Waals surface area contributed by atoms with Gasteiger partial charge in [0.2, 0.25) is 7.37 Å². The smallest absolute Gasteiger partial charge is 0.408 e. The Hall–Kier alpha value is -1.84.